The molecular formula is C12H14LaO4. The first-order chi connectivity index (χ1) is 7.83. The third-order valence-corrected chi connectivity index (χ3v) is 1.31. The normalized spacial score (nSPS) is 11.8. The molecule has 0 amide bonds. The summed E-state index contributed by atoms with van der Waals surface area (Å²) in [7, 11) is 0. The molecule has 1 radical (unpaired) electrons. The van der Waals surface area contributed by atoms with Crippen molar-refractivity contribution in [3.8, 4) is 0 Å². The van der Waals surface area contributed by atoms with E-state index < -0.39 is 12.9 Å². The molecule has 0 heterocycles. The zero-order chi connectivity index (χ0) is 12.5. The van der Waals surface area contributed by atoms with Gasteiger partial charge in [-0.1, -0.05) is 48.6 Å². The molecule has 2 rings (SSSR count). The van der Waals surface area contributed by atoms with Crippen LogP contribution in [0.3, 0.4) is 0 Å². The molecule has 4 nitrogen and oxygen atoms in total. The molecular weight excluding hydrogens is 347 g/mol. The number of hydrogen-bond donors (Lipinski definition) is 0. The molecule has 0 N–H and O–H groups in total. The average molecular weight is 361 g/mol. The predicted molar refractivity (Wildman–Crippen MR) is 57.9 cm³/mol. The molecule has 0 aromatic carbocycles. The Morgan fingerprint density at radius 1 is 0.706 bits per heavy atom. The van der Waals surface area contributed by atoms with E-state index in [-0.39, 0.29) is 35.6 Å². The van der Waals surface area contributed by atoms with Gasteiger partial charge in [0.15, 0.2) is 0 Å². The van der Waals surface area contributed by atoms with Gasteiger partial charge >= 0.3 is 35.6 Å². The molecule has 0 aromatic rings. The Morgan fingerprint density at radius 3 is 0.941 bits per heavy atom. The largest absolute Gasteiger partial charge is 2.00 e. The van der Waals surface area contributed by atoms with E-state index in [0.717, 1.165) is 12.8 Å². The molecule has 17 heavy (non-hydrogen) atoms. The molecule has 0 fully saturated rings. The SMILES string of the molecule is C1=CCC=C1.C1=CCC=C1.O=C[O-].O=C[O-].[La+2]. The fourth-order valence-corrected chi connectivity index (χ4v) is 0.786. The molecule has 2 aliphatic rings. The van der Waals surface area contributed by atoms with Gasteiger partial charge in [0.05, 0.1) is 0 Å². The molecule has 0 saturated heterocycles. The monoisotopic (exact) mass is 361 g/mol. The second-order valence-corrected chi connectivity index (χ2v) is 2.38. The summed E-state index contributed by atoms with van der Waals surface area (Å²) in [6.45, 7) is -1.00. The minimum Gasteiger partial charge on any atom is -0.554 e. The van der Waals surface area contributed by atoms with Gasteiger partial charge in [-0.2, -0.15) is 0 Å². The van der Waals surface area contributed by atoms with Crippen LogP contribution in [0.25, 0.3) is 0 Å². The first-order valence-electron chi connectivity index (χ1n) is 4.58. The molecule has 0 spiro atoms. The van der Waals surface area contributed by atoms with Gasteiger partial charge in [0.2, 0.25) is 0 Å². The van der Waals surface area contributed by atoms with Crippen LogP contribution < -0.4 is 10.2 Å². The number of carbonyl (C=O) groups is 2. The second kappa shape index (κ2) is 24.4. The minimum absolute atomic E-state index is 0. The summed E-state index contributed by atoms with van der Waals surface area (Å²) in [6, 6.07) is 0. The number of allylic oxidation sites excluding steroid dienone is 8. The second-order valence-electron chi connectivity index (χ2n) is 2.38. The Kier molecular flexibility index (Phi) is 30.6. The fraction of sp³-hybridized carbons (Fsp3) is 0.167. The molecule has 2 aliphatic carbocycles. The van der Waals surface area contributed by atoms with Crippen LogP contribution in [0.5, 0.6) is 0 Å². The fourth-order valence-electron chi connectivity index (χ4n) is 0.786. The third kappa shape index (κ3) is 31.3. The maximum absolute atomic E-state index is 8.25. The van der Waals surface area contributed by atoms with E-state index in [2.05, 4.69) is 48.6 Å². The third-order valence-electron chi connectivity index (χ3n) is 1.31. The van der Waals surface area contributed by atoms with E-state index in [1.54, 1.807) is 0 Å². The molecule has 0 aliphatic heterocycles. The van der Waals surface area contributed by atoms with Crippen molar-refractivity contribution in [2.24, 2.45) is 0 Å². The molecule has 0 unspecified atom stereocenters. The summed E-state index contributed by atoms with van der Waals surface area (Å²) < 4.78 is 0. The number of carboxylic acid groups (broad SMARTS) is 2. The number of carbonyl (C=O) groups excluding carboxylic acids is 2. The minimum atomic E-state index is -0.500. The van der Waals surface area contributed by atoms with Crippen LogP contribution in [-0.4, -0.2) is 12.9 Å². The van der Waals surface area contributed by atoms with Crippen LogP contribution in [-0.2, 0) is 9.59 Å². The van der Waals surface area contributed by atoms with Gasteiger partial charge in [0.25, 0.3) is 0 Å². The maximum Gasteiger partial charge on any atom is 2.00 e. The Morgan fingerprint density at radius 2 is 0.882 bits per heavy atom. The average Bonchev–Trinajstić information content (AvgIpc) is 3.00. The first kappa shape index (κ1) is 21.4. The molecule has 89 valence electrons. The van der Waals surface area contributed by atoms with Crippen LogP contribution in [0, 0.1) is 35.6 Å². The van der Waals surface area contributed by atoms with Crippen molar-refractivity contribution in [3.63, 3.8) is 0 Å². The molecule has 5 heteroatoms. The van der Waals surface area contributed by atoms with Crippen molar-refractivity contribution in [3.05, 3.63) is 48.6 Å². The summed E-state index contributed by atoms with van der Waals surface area (Å²) in [5.74, 6) is 0. The number of rotatable bonds is 0. The van der Waals surface area contributed by atoms with Gasteiger partial charge < -0.3 is 19.8 Å². The standard InChI is InChI=1S/2C5H6.2CH2O2.La/c2*1-2-4-5-3-1;2*2-1-3;/h2*1-4H,5H2;2*1H,(H,2,3);/q;;;;+2/p-2. The van der Waals surface area contributed by atoms with Gasteiger partial charge in [-0.3, -0.25) is 0 Å². The van der Waals surface area contributed by atoms with E-state index >= 15 is 0 Å². The summed E-state index contributed by atoms with van der Waals surface area (Å²) in [4.78, 5) is 16.5. The smallest absolute Gasteiger partial charge is 0.554 e. The van der Waals surface area contributed by atoms with Crippen LogP contribution in [0.2, 0.25) is 0 Å². The summed E-state index contributed by atoms with van der Waals surface area (Å²) in [6.07, 6.45) is 19.0. The maximum atomic E-state index is 8.25. The Labute approximate surface area is 129 Å². The zero-order valence-corrected chi connectivity index (χ0v) is 13.0. The van der Waals surface area contributed by atoms with E-state index in [9.17, 15) is 0 Å². The van der Waals surface area contributed by atoms with Gasteiger partial charge in [0.1, 0.15) is 0 Å². The van der Waals surface area contributed by atoms with E-state index in [1.165, 1.54) is 0 Å². The Hall–Kier alpha value is -0.905. The van der Waals surface area contributed by atoms with Crippen molar-refractivity contribution < 1.29 is 55.4 Å². The summed E-state index contributed by atoms with van der Waals surface area (Å²) in [5.41, 5.74) is 0. The molecule has 0 saturated carbocycles. The van der Waals surface area contributed by atoms with Crippen molar-refractivity contribution in [2.45, 2.75) is 12.8 Å². The summed E-state index contributed by atoms with van der Waals surface area (Å²) >= 11 is 0. The molecule has 0 bridgehead atoms. The van der Waals surface area contributed by atoms with Gasteiger partial charge in [-0.25, -0.2) is 0 Å². The van der Waals surface area contributed by atoms with Crippen LogP contribution in [0.4, 0.5) is 0 Å². The quantitative estimate of drug-likeness (QED) is 0.557. The van der Waals surface area contributed by atoms with Crippen LogP contribution >= 0.6 is 0 Å². The van der Waals surface area contributed by atoms with Crippen molar-refractivity contribution in [1.29, 1.82) is 0 Å². The van der Waals surface area contributed by atoms with Crippen molar-refractivity contribution in [2.75, 3.05) is 0 Å². The van der Waals surface area contributed by atoms with Gasteiger partial charge in [-0.05, 0) is 12.8 Å². The van der Waals surface area contributed by atoms with Gasteiger partial charge in [0, 0.05) is 12.9 Å². The van der Waals surface area contributed by atoms with Gasteiger partial charge in [-0.15, -0.1) is 0 Å². The molecule has 0 aromatic heterocycles. The number of hydrogen-bond acceptors (Lipinski definition) is 4. The van der Waals surface area contributed by atoms with E-state index in [1.807, 2.05) is 0 Å². The Balaban J connectivity index is -0.000000157. The Bertz CT molecular complexity index is 220. The van der Waals surface area contributed by atoms with Crippen LogP contribution in [0.15, 0.2) is 48.6 Å². The zero-order valence-electron chi connectivity index (χ0n) is 9.40. The first-order valence-corrected chi connectivity index (χ1v) is 4.58. The van der Waals surface area contributed by atoms with Crippen molar-refractivity contribution >= 4 is 12.9 Å². The van der Waals surface area contributed by atoms with Crippen molar-refractivity contribution in [1.82, 2.24) is 0 Å². The van der Waals surface area contributed by atoms with Crippen LogP contribution in [0.1, 0.15) is 12.8 Å². The topological polar surface area (TPSA) is 80.3 Å². The summed E-state index contributed by atoms with van der Waals surface area (Å²) in [5, 5.41) is 16.5. The predicted octanol–water partition coefficient (Wildman–Crippen LogP) is -0.263. The molecule has 0 atom stereocenters. The van der Waals surface area contributed by atoms with E-state index in [4.69, 9.17) is 19.8 Å². The van der Waals surface area contributed by atoms with E-state index in [0.29, 0.717) is 0 Å².